The summed E-state index contributed by atoms with van der Waals surface area (Å²) in [4.78, 5) is 8.90. The Balaban J connectivity index is 3.79. The molecular weight excluding hydrogens is 113 g/mol. The number of carboxylic acid groups (broad SMARTS) is 1. The van der Waals surface area contributed by atoms with Crippen LogP contribution in [0.25, 0.3) is 0 Å². The molecule has 0 saturated heterocycles. The lowest BCUT2D eigenvalue weighted by molar-refractivity contribution is -0.192. The van der Waals surface area contributed by atoms with Crippen molar-refractivity contribution >= 4 is 5.97 Å². The number of hydrogen-bond donors (Lipinski definition) is 1. The van der Waals surface area contributed by atoms with Crippen molar-refractivity contribution in [3.05, 3.63) is 0 Å². The summed E-state index contributed by atoms with van der Waals surface area (Å²) in [5.74, 6) is -2.76. The highest BCUT2D eigenvalue weighted by molar-refractivity contribution is 5.73. The first-order valence-electron chi connectivity index (χ1n) is 1.24. The first-order chi connectivity index (χ1) is 2.94. The Hall–Kier alpha value is -0.740. The SMILES string of the molecule is O=[12C](O)C(F)(F)F. The van der Waals surface area contributed by atoms with Crippen molar-refractivity contribution in [3.8, 4) is 0 Å². The molecule has 0 aliphatic heterocycles. The molecule has 0 aliphatic rings. The first kappa shape index (κ1) is 6.26. The quantitative estimate of drug-likeness (QED) is 0.501. The van der Waals surface area contributed by atoms with Crippen molar-refractivity contribution in [1.29, 1.82) is 0 Å². The van der Waals surface area contributed by atoms with Gasteiger partial charge in [0.2, 0.25) is 0 Å². The van der Waals surface area contributed by atoms with Crippen molar-refractivity contribution in [3.63, 3.8) is 0 Å². The predicted molar refractivity (Wildman–Crippen MR) is 13.7 cm³/mol. The van der Waals surface area contributed by atoms with Gasteiger partial charge in [0.1, 0.15) is 0 Å². The van der Waals surface area contributed by atoms with E-state index in [2.05, 4.69) is 0 Å². The van der Waals surface area contributed by atoms with Gasteiger partial charge in [-0.3, -0.25) is 0 Å². The maximum atomic E-state index is 10.6. The second-order valence-corrected chi connectivity index (χ2v) is 0.803. The van der Waals surface area contributed by atoms with Crippen LogP contribution in [0.15, 0.2) is 0 Å². The molecule has 0 aromatic carbocycles. The minimum absolute atomic E-state index is 2.76. The molecule has 0 heterocycles. The zero-order valence-electron chi connectivity index (χ0n) is 2.99. The lowest BCUT2D eigenvalue weighted by Crippen LogP contribution is -2.21. The number of hydrogen-bond acceptors (Lipinski definition) is 1. The molecule has 42 valence electrons. The van der Waals surface area contributed by atoms with Gasteiger partial charge in [0.05, 0.1) is 0 Å². The van der Waals surface area contributed by atoms with Crippen molar-refractivity contribution in [2.24, 2.45) is 0 Å². The third-order valence-electron chi connectivity index (χ3n) is 0.243. The Morgan fingerprint density at radius 2 is 1.57 bits per heavy atom. The third kappa shape index (κ3) is 2.02. The zero-order valence-corrected chi connectivity index (χ0v) is 2.99. The molecule has 0 fully saturated rings. The topological polar surface area (TPSA) is 37.3 Å². The summed E-state index contributed by atoms with van der Waals surface area (Å²) in [5, 5.41) is 7.12. The van der Waals surface area contributed by atoms with E-state index < -0.39 is 12.1 Å². The van der Waals surface area contributed by atoms with E-state index in [4.69, 9.17) is 9.90 Å². The monoisotopic (exact) mass is 114 g/mol. The molecule has 0 aromatic heterocycles. The summed E-state index contributed by atoms with van der Waals surface area (Å²) in [7, 11) is 0. The minimum atomic E-state index is -5.08. The van der Waals surface area contributed by atoms with E-state index >= 15 is 0 Å². The van der Waals surface area contributed by atoms with E-state index in [1.54, 1.807) is 0 Å². The Labute approximate surface area is 36.6 Å². The van der Waals surface area contributed by atoms with E-state index in [9.17, 15) is 13.2 Å². The molecule has 0 atom stereocenters. The maximum absolute atomic E-state index is 10.6. The van der Waals surface area contributed by atoms with Crippen LogP contribution in [-0.4, -0.2) is 17.3 Å². The fourth-order valence-electron chi connectivity index (χ4n) is 0. The van der Waals surface area contributed by atoms with Crippen LogP contribution in [0, 0.1) is 0 Å². The summed E-state index contributed by atoms with van der Waals surface area (Å²) in [6.07, 6.45) is -5.08. The fourth-order valence-corrected chi connectivity index (χ4v) is 0. The van der Waals surface area contributed by atoms with Gasteiger partial charge in [0, 0.05) is 0 Å². The molecule has 7 heavy (non-hydrogen) atoms. The lowest BCUT2D eigenvalue weighted by Gasteiger charge is -1.93. The molecule has 0 bridgehead atoms. The third-order valence-corrected chi connectivity index (χ3v) is 0.243. The molecular formula is C2HF3O2. The van der Waals surface area contributed by atoms with Gasteiger partial charge in [-0.1, -0.05) is 0 Å². The van der Waals surface area contributed by atoms with Gasteiger partial charge >= 0.3 is 12.1 Å². The van der Waals surface area contributed by atoms with Gasteiger partial charge in [-0.15, -0.1) is 0 Å². The molecule has 5 heteroatoms. The van der Waals surface area contributed by atoms with Crippen LogP contribution in [0.5, 0.6) is 0 Å². The Bertz CT molecular complexity index is 83.4. The lowest BCUT2D eigenvalue weighted by atomic mass is 10.7. The Kier molecular flexibility index (Phi) is 1.25. The summed E-state index contributed by atoms with van der Waals surface area (Å²) in [5.41, 5.74) is 0. The second-order valence-electron chi connectivity index (χ2n) is 0.803. The maximum Gasteiger partial charge on any atom is 0.490 e. The number of carboxylic acids is 1. The molecule has 0 aromatic rings. The molecule has 0 amide bonds. The van der Waals surface area contributed by atoms with E-state index in [1.165, 1.54) is 0 Å². The van der Waals surface area contributed by atoms with Crippen molar-refractivity contribution in [2.45, 2.75) is 6.18 Å². The normalized spacial score (nSPS) is 11.3. The van der Waals surface area contributed by atoms with Gasteiger partial charge in [-0.2, -0.15) is 13.2 Å². The van der Waals surface area contributed by atoms with E-state index in [0.717, 1.165) is 0 Å². The smallest absolute Gasteiger partial charge is 0.475 e. The van der Waals surface area contributed by atoms with Crippen molar-refractivity contribution in [2.75, 3.05) is 0 Å². The molecule has 0 spiro atoms. The molecule has 0 saturated carbocycles. The average molecular weight is 114 g/mol. The van der Waals surface area contributed by atoms with Crippen LogP contribution in [0.1, 0.15) is 0 Å². The summed E-state index contributed by atoms with van der Waals surface area (Å²) >= 11 is 0. The summed E-state index contributed by atoms with van der Waals surface area (Å²) in [6.45, 7) is 0. The summed E-state index contributed by atoms with van der Waals surface area (Å²) < 4.78 is 31.7. The fraction of sp³-hybridized carbons (Fsp3) is 0.500. The van der Waals surface area contributed by atoms with Gasteiger partial charge in [-0.25, -0.2) is 4.79 Å². The van der Waals surface area contributed by atoms with Gasteiger partial charge < -0.3 is 5.11 Å². The van der Waals surface area contributed by atoms with Gasteiger partial charge in [0.15, 0.2) is 0 Å². The molecule has 0 aliphatic carbocycles. The molecule has 0 rings (SSSR count). The van der Waals surface area contributed by atoms with Crippen LogP contribution < -0.4 is 0 Å². The second kappa shape index (κ2) is 1.40. The first-order valence-corrected chi connectivity index (χ1v) is 1.24. The Morgan fingerprint density at radius 1 is 1.43 bits per heavy atom. The number of aliphatic carboxylic acids is 1. The standard InChI is InChI=1S/C2HF3O2/c3-2(4,5)1(6)7/h(H,6,7)/i1+0. The Morgan fingerprint density at radius 3 is 1.57 bits per heavy atom. The highest BCUT2D eigenvalue weighted by Gasteiger charge is 2.38. The van der Waals surface area contributed by atoms with Crippen LogP contribution in [0.4, 0.5) is 13.2 Å². The van der Waals surface area contributed by atoms with Crippen LogP contribution in [0.3, 0.4) is 0 Å². The van der Waals surface area contributed by atoms with E-state index in [-0.39, 0.29) is 0 Å². The predicted octanol–water partition coefficient (Wildman–Crippen LogP) is 0.633. The number of alkyl halides is 3. The zero-order chi connectivity index (χ0) is 6.08. The number of carbonyl (C=O) groups is 1. The highest BCUT2D eigenvalue weighted by Crippen LogP contribution is 2.13. The van der Waals surface area contributed by atoms with Gasteiger partial charge in [0.25, 0.3) is 0 Å². The number of rotatable bonds is 0. The molecule has 0 radical (unpaired) electrons. The molecule has 0 unspecified atom stereocenters. The van der Waals surface area contributed by atoms with E-state index in [0.29, 0.717) is 0 Å². The van der Waals surface area contributed by atoms with Crippen LogP contribution in [-0.2, 0) is 4.79 Å². The van der Waals surface area contributed by atoms with Gasteiger partial charge in [-0.05, 0) is 0 Å². The van der Waals surface area contributed by atoms with Crippen LogP contribution >= 0.6 is 0 Å². The molecule has 2 nitrogen and oxygen atoms in total. The largest absolute Gasteiger partial charge is 0.490 e. The van der Waals surface area contributed by atoms with Crippen molar-refractivity contribution < 1.29 is 23.1 Å². The van der Waals surface area contributed by atoms with Crippen molar-refractivity contribution in [1.82, 2.24) is 0 Å². The molecule has 1 N–H and O–H groups in total. The number of halogens is 3. The minimum Gasteiger partial charge on any atom is -0.475 e. The summed E-state index contributed by atoms with van der Waals surface area (Å²) in [6, 6.07) is 0. The average Bonchev–Trinajstić information content (AvgIpc) is 1.31. The van der Waals surface area contributed by atoms with Crippen LogP contribution in [0.2, 0.25) is 0 Å². The van der Waals surface area contributed by atoms with E-state index in [1.807, 2.05) is 0 Å². The highest BCUT2D eigenvalue weighted by atomic mass is 19.4.